The second-order valence-electron chi connectivity index (χ2n) is 12.1. The molecule has 7 rings (SSSR count). The summed E-state index contributed by atoms with van der Waals surface area (Å²) in [5, 5.41) is 16.2. The first-order valence-corrected chi connectivity index (χ1v) is 16.2. The standard InChI is InChI=1S/C35H31F3N6O3S/c1-6-29(46)44-17(2)13-43-27(19(44)4)12-25(41-43)34-32(30-22(37)10-21(36)11-28(30)47-14-18(3)45)31-23(38)15-48-35(31)33(40-34)20-7-8-26-24(9-20)39-16-42(26)5/h6-12,15-19,45H,1,13-14H2,2-5H3/t17-,18+,19+/m0/s1. The van der Waals surface area contributed by atoms with Gasteiger partial charge < -0.3 is 19.3 Å². The van der Waals surface area contributed by atoms with Crippen molar-refractivity contribution >= 4 is 38.4 Å². The van der Waals surface area contributed by atoms with Crippen LogP contribution in [0.2, 0.25) is 0 Å². The summed E-state index contributed by atoms with van der Waals surface area (Å²) < 4.78 is 56.7. The highest BCUT2D eigenvalue weighted by molar-refractivity contribution is 7.17. The summed E-state index contributed by atoms with van der Waals surface area (Å²) in [4.78, 5) is 24.0. The van der Waals surface area contributed by atoms with Gasteiger partial charge in [0.25, 0.3) is 0 Å². The Morgan fingerprint density at radius 1 is 1.15 bits per heavy atom. The van der Waals surface area contributed by atoms with Crippen molar-refractivity contribution in [2.45, 2.75) is 45.5 Å². The summed E-state index contributed by atoms with van der Waals surface area (Å²) in [7, 11) is 1.88. The fraction of sp³-hybridized carbons (Fsp3) is 0.257. The number of aliphatic hydroxyl groups is 1. The third kappa shape index (κ3) is 5.13. The Morgan fingerprint density at radius 2 is 1.94 bits per heavy atom. The number of ether oxygens (including phenoxy) is 1. The van der Waals surface area contributed by atoms with Crippen LogP contribution < -0.4 is 4.74 Å². The third-order valence-corrected chi connectivity index (χ3v) is 9.62. The molecule has 13 heteroatoms. The number of carbonyl (C=O) groups is 1. The number of benzene rings is 2. The molecule has 0 radical (unpaired) electrons. The number of aromatic nitrogens is 5. The van der Waals surface area contributed by atoms with Crippen molar-refractivity contribution in [1.82, 2.24) is 29.2 Å². The van der Waals surface area contributed by atoms with Crippen LogP contribution in [-0.4, -0.2) is 59.0 Å². The number of nitrogens with zero attached hydrogens (tertiary/aromatic N) is 6. The smallest absolute Gasteiger partial charge is 0.246 e. The number of carbonyl (C=O) groups excluding carboxylic acids is 1. The molecule has 9 nitrogen and oxygen atoms in total. The lowest BCUT2D eigenvalue weighted by Crippen LogP contribution is -2.46. The number of hydrogen-bond donors (Lipinski definition) is 1. The SMILES string of the molecule is C=CC(=O)N1[C@H](C)c2cc(-c3nc(-c4ccc5c(c4)ncn5C)c4scc(F)c4c3-c3c(F)cc(F)cc3OC[C@@H](C)O)nn2C[C@@H]1C. The highest BCUT2D eigenvalue weighted by Gasteiger charge is 2.35. The fourth-order valence-corrected chi connectivity index (χ4v) is 7.44. The molecule has 48 heavy (non-hydrogen) atoms. The molecule has 0 saturated carbocycles. The number of rotatable bonds is 7. The number of imidazole rings is 1. The van der Waals surface area contributed by atoms with Gasteiger partial charge in [-0.05, 0) is 45.0 Å². The average Bonchev–Trinajstić information content (AvgIpc) is 3.76. The minimum atomic E-state index is -0.998. The van der Waals surface area contributed by atoms with Gasteiger partial charge in [0.15, 0.2) is 0 Å². The van der Waals surface area contributed by atoms with Crippen LogP contribution in [0.3, 0.4) is 0 Å². The number of fused-ring (bicyclic) bond motifs is 3. The molecule has 0 fully saturated rings. The first-order chi connectivity index (χ1) is 23.0. The van der Waals surface area contributed by atoms with Gasteiger partial charge in [-0.15, -0.1) is 11.3 Å². The van der Waals surface area contributed by atoms with E-state index in [1.54, 1.807) is 22.0 Å². The molecular formula is C35H31F3N6O3S. The molecule has 1 aliphatic heterocycles. The van der Waals surface area contributed by atoms with Crippen molar-refractivity contribution in [3.8, 4) is 39.5 Å². The summed E-state index contributed by atoms with van der Waals surface area (Å²) >= 11 is 1.11. The molecule has 246 valence electrons. The fourth-order valence-electron chi connectivity index (χ4n) is 6.51. The Labute approximate surface area is 277 Å². The molecule has 0 bridgehead atoms. The Kier molecular flexibility index (Phi) is 7.83. The largest absolute Gasteiger partial charge is 0.490 e. The molecule has 0 saturated heterocycles. The van der Waals surface area contributed by atoms with Gasteiger partial charge in [0.05, 0.1) is 57.7 Å². The van der Waals surface area contributed by atoms with E-state index in [1.807, 2.05) is 43.7 Å². The van der Waals surface area contributed by atoms with Crippen LogP contribution in [0.4, 0.5) is 13.2 Å². The summed E-state index contributed by atoms with van der Waals surface area (Å²) in [5.74, 6) is -2.99. The third-order valence-electron chi connectivity index (χ3n) is 8.66. The number of thiophene rings is 1. The highest BCUT2D eigenvalue weighted by atomic mass is 32.1. The van der Waals surface area contributed by atoms with Crippen LogP contribution in [0.15, 0.2) is 60.8 Å². The molecule has 2 aromatic carbocycles. The van der Waals surface area contributed by atoms with Gasteiger partial charge in [-0.2, -0.15) is 5.10 Å². The normalized spacial score (nSPS) is 16.8. The van der Waals surface area contributed by atoms with Crippen LogP contribution >= 0.6 is 11.3 Å². The number of hydrogen-bond acceptors (Lipinski definition) is 7. The van der Waals surface area contributed by atoms with Crippen molar-refractivity contribution in [3.63, 3.8) is 0 Å². The summed E-state index contributed by atoms with van der Waals surface area (Å²) in [5.41, 5.74) is 3.60. The maximum absolute atomic E-state index is 16.1. The summed E-state index contributed by atoms with van der Waals surface area (Å²) in [6, 6.07) is 8.46. The van der Waals surface area contributed by atoms with Crippen LogP contribution in [0.25, 0.3) is 54.9 Å². The number of amides is 1. The molecule has 1 amide bonds. The number of halogens is 3. The molecule has 1 aliphatic rings. The zero-order valence-corrected chi connectivity index (χ0v) is 27.4. The number of aryl methyl sites for hydroxylation is 1. The highest BCUT2D eigenvalue weighted by Crippen LogP contribution is 2.48. The Bertz CT molecular complexity index is 2260. The van der Waals surface area contributed by atoms with E-state index >= 15 is 8.78 Å². The van der Waals surface area contributed by atoms with Crippen molar-refractivity contribution in [3.05, 3.63) is 83.9 Å². The summed E-state index contributed by atoms with van der Waals surface area (Å²) in [6.07, 6.45) is 2.01. The second-order valence-corrected chi connectivity index (χ2v) is 12.9. The summed E-state index contributed by atoms with van der Waals surface area (Å²) in [6.45, 7) is 9.00. The van der Waals surface area contributed by atoms with Crippen molar-refractivity contribution < 1.29 is 27.8 Å². The van der Waals surface area contributed by atoms with E-state index in [9.17, 15) is 14.3 Å². The van der Waals surface area contributed by atoms with E-state index in [-0.39, 0.29) is 46.5 Å². The van der Waals surface area contributed by atoms with E-state index in [4.69, 9.17) is 14.8 Å². The van der Waals surface area contributed by atoms with Crippen molar-refractivity contribution in [2.75, 3.05) is 6.61 Å². The van der Waals surface area contributed by atoms with E-state index in [0.29, 0.717) is 45.5 Å². The molecule has 0 spiro atoms. The maximum atomic E-state index is 16.1. The zero-order valence-electron chi connectivity index (χ0n) is 26.5. The van der Waals surface area contributed by atoms with Crippen LogP contribution in [0, 0.1) is 17.5 Å². The van der Waals surface area contributed by atoms with Gasteiger partial charge in [-0.3, -0.25) is 9.48 Å². The molecular weight excluding hydrogens is 641 g/mol. The van der Waals surface area contributed by atoms with Gasteiger partial charge >= 0.3 is 0 Å². The van der Waals surface area contributed by atoms with Gasteiger partial charge in [-0.25, -0.2) is 23.1 Å². The van der Waals surface area contributed by atoms with Gasteiger partial charge in [-0.1, -0.05) is 12.6 Å². The predicted octanol–water partition coefficient (Wildman–Crippen LogP) is 7.04. The van der Waals surface area contributed by atoms with E-state index < -0.39 is 29.6 Å². The van der Waals surface area contributed by atoms with E-state index in [0.717, 1.165) is 22.9 Å². The molecule has 5 heterocycles. The number of aliphatic hydroxyl groups excluding tert-OH is 1. The molecule has 4 aromatic heterocycles. The van der Waals surface area contributed by atoms with Crippen LogP contribution in [0.5, 0.6) is 5.75 Å². The maximum Gasteiger partial charge on any atom is 0.246 e. The monoisotopic (exact) mass is 672 g/mol. The molecule has 0 unspecified atom stereocenters. The first-order valence-electron chi connectivity index (χ1n) is 15.3. The van der Waals surface area contributed by atoms with E-state index in [1.165, 1.54) is 18.4 Å². The Hall–Kier alpha value is -5.01. The quantitative estimate of drug-likeness (QED) is 0.183. The average molecular weight is 673 g/mol. The topological polar surface area (TPSA) is 98.3 Å². The van der Waals surface area contributed by atoms with Gasteiger partial charge in [0, 0.05) is 47.1 Å². The minimum Gasteiger partial charge on any atom is -0.490 e. The molecule has 1 N–H and O–H groups in total. The first kappa shape index (κ1) is 31.6. The Morgan fingerprint density at radius 3 is 2.69 bits per heavy atom. The van der Waals surface area contributed by atoms with Crippen LogP contribution in [-0.2, 0) is 18.4 Å². The molecule has 0 aliphatic carbocycles. The molecule has 6 aromatic rings. The van der Waals surface area contributed by atoms with Gasteiger partial charge in [0.1, 0.15) is 41.2 Å². The van der Waals surface area contributed by atoms with Crippen molar-refractivity contribution in [2.24, 2.45) is 7.05 Å². The Balaban J connectivity index is 1.54. The predicted molar refractivity (Wildman–Crippen MR) is 178 cm³/mol. The van der Waals surface area contributed by atoms with Gasteiger partial charge in [0.2, 0.25) is 5.91 Å². The molecule has 3 atom stereocenters. The second kappa shape index (κ2) is 11.9. The lowest BCUT2D eigenvalue weighted by atomic mass is 9.94. The zero-order chi connectivity index (χ0) is 34.0. The minimum absolute atomic E-state index is 0.0275. The lowest BCUT2D eigenvalue weighted by molar-refractivity contribution is -0.131. The lowest BCUT2D eigenvalue weighted by Gasteiger charge is -2.38. The van der Waals surface area contributed by atoms with Crippen LogP contribution in [0.1, 0.15) is 32.5 Å². The van der Waals surface area contributed by atoms with Crippen molar-refractivity contribution in [1.29, 1.82) is 0 Å². The number of pyridine rings is 1. The van der Waals surface area contributed by atoms with E-state index in [2.05, 4.69) is 11.6 Å².